The summed E-state index contributed by atoms with van der Waals surface area (Å²) in [5, 5.41) is 1.14. The van der Waals surface area contributed by atoms with Gasteiger partial charge in [-0.05, 0) is 18.2 Å². The zero-order chi connectivity index (χ0) is 14.4. The maximum absolute atomic E-state index is 12.0. The van der Waals surface area contributed by atoms with Crippen LogP contribution >= 0.6 is 11.6 Å². The maximum Gasteiger partial charge on any atom is 0.296 e. The SMILES string of the molecule is C.NC(N)=NC(=O)c1cc2c(Cl)ccc3c2n1CCC3=O. The van der Waals surface area contributed by atoms with Gasteiger partial charge >= 0.3 is 0 Å². The molecule has 4 N–H and O–H groups in total. The number of aliphatic imine (C=N–C) groups is 1. The fraction of sp³-hybridized carbons (Fsp3) is 0.214. The lowest BCUT2D eigenvalue weighted by Crippen LogP contribution is -2.25. The third kappa shape index (κ3) is 2.27. The molecule has 7 heteroatoms. The summed E-state index contributed by atoms with van der Waals surface area (Å²) in [7, 11) is 0. The summed E-state index contributed by atoms with van der Waals surface area (Å²) >= 11 is 6.13. The van der Waals surface area contributed by atoms with Gasteiger partial charge in [-0.15, -0.1) is 0 Å². The Balaban J connectivity index is 0.00000161. The van der Waals surface area contributed by atoms with Gasteiger partial charge in [0.05, 0.1) is 10.5 Å². The predicted molar refractivity (Wildman–Crippen MR) is 82.8 cm³/mol. The molecule has 1 aliphatic heterocycles. The highest BCUT2D eigenvalue weighted by Gasteiger charge is 2.25. The zero-order valence-corrected chi connectivity index (χ0v) is 11.1. The highest BCUT2D eigenvalue weighted by Crippen LogP contribution is 2.33. The van der Waals surface area contributed by atoms with Crippen molar-refractivity contribution in [3.8, 4) is 0 Å². The molecule has 0 radical (unpaired) electrons. The fourth-order valence-corrected chi connectivity index (χ4v) is 2.71. The Hall–Kier alpha value is -2.34. The molecule has 3 rings (SSSR count). The van der Waals surface area contributed by atoms with Crippen molar-refractivity contribution in [3.05, 3.63) is 34.5 Å². The van der Waals surface area contributed by atoms with Crippen molar-refractivity contribution in [3.63, 3.8) is 0 Å². The minimum Gasteiger partial charge on any atom is -0.370 e. The summed E-state index contributed by atoms with van der Waals surface area (Å²) < 4.78 is 1.74. The van der Waals surface area contributed by atoms with E-state index in [9.17, 15) is 9.59 Å². The lowest BCUT2D eigenvalue weighted by atomic mass is 10.0. The standard InChI is InChI=1S/C13H11ClN4O2.CH4/c14-8-2-1-6-10(19)3-4-18-9(5-7(8)11(6)18)12(20)17-13(15)16;/h1-2,5H,3-4H2,(H4,15,16,17,20);1H4. The number of hydrogen-bond donors (Lipinski definition) is 2. The Morgan fingerprint density at radius 1 is 1.33 bits per heavy atom. The number of ketones is 1. The Morgan fingerprint density at radius 2 is 2.05 bits per heavy atom. The van der Waals surface area contributed by atoms with Crippen molar-refractivity contribution in [2.45, 2.75) is 20.4 Å². The molecule has 2 heterocycles. The van der Waals surface area contributed by atoms with E-state index in [2.05, 4.69) is 4.99 Å². The quantitative estimate of drug-likeness (QED) is 0.620. The van der Waals surface area contributed by atoms with Crippen molar-refractivity contribution >= 4 is 40.2 Å². The highest BCUT2D eigenvalue weighted by atomic mass is 35.5. The molecule has 0 spiro atoms. The highest BCUT2D eigenvalue weighted by molar-refractivity contribution is 6.36. The number of benzene rings is 1. The van der Waals surface area contributed by atoms with Gasteiger partial charge < -0.3 is 16.0 Å². The molecular formula is C14H15ClN4O2. The molecule has 0 fully saturated rings. The van der Waals surface area contributed by atoms with Gasteiger partial charge in [-0.25, -0.2) is 0 Å². The van der Waals surface area contributed by atoms with Crippen LogP contribution in [0.5, 0.6) is 0 Å². The summed E-state index contributed by atoms with van der Waals surface area (Å²) in [5.41, 5.74) is 12.0. The number of amides is 1. The number of nitrogens with two attached hydrogens (primary N) is 2. The van der Waals surface area contributed by atoms with Crippen LogP contribution in [0.15, 0.2) is 23.2 Å². The fourth-order valence-electron chi connectivity index (χ4n) is 2.50. The lowest BCUT2D eigenvalue weighted by Gasteiger charge is -2.16. The second kappa shape index (κ2) is 5.21. The third-order valence-corrected chi connectivity index (χ3v) is 3.65. The van der Waals surface area contributed by atoms with Gasteiger partial charge in [0.15, 0.2) is 11.7 Å². The van der Waals surface area contributed by atoms with E-state index in [1.165, 1.54) is 0 Å². The van der Waals surface area contributed by atoms with Crippen LogP contribution in [0.2, 0.25) is 5.02 Å². The number of aromatic nitrogens is 1. The van der Waals surface area contributed by atoms with E-state index in [0.29, 0.717) is 40.1 Å². The Morgan fingerprint density at radius 3 is 2.71 bits per heavy atom. The molecule has 0 saturated carbocycles. The molecule has 6 nitrogen and oxygen atoms in total. The van der Waals surface area contributed by atoms with E-state index in [0.717, 1.165) is 0 Å². The minimum atomic E-state index is -0.544. The minimum absolute atomic E-state index is 0. The molecule has 0 bridgehead atoms. The van der Waals surface area contributed by atoms with Crippen LogP contribution in [-0.4, -0.2) is 22.2 Å². The van der Waals surface area contributed by atoms with Crippen molar-refractivity contribution in [1.82, 2.24) is 4.57 Å². The number of hydrogen-bond acceptors (Lipinski definition) is 2. The van der Waals surface area contributed by atoms with E-state index < -0.39 is 5.91 Å². The molecule has 1 aliphatic rings. The lowest BCUT2D eigenvalue weighted by molar-refractivity contribution is 0.0958. The van der Waals surface area contributed by atoms with Gasteiger partial charge in [-0.3, -0.25) is 9.59 Å². The third-order valence-electron chi connectivity index (χ3n) is 3.32. The first kappa shape index (κ1) is 15.1. The Bertz CT molecular complexity index is 788. The molecule has 1 aromatic carbocycles. The van der Waals surface area contributed by atoms with Crippen molar-refractivity contribution in [1.29, 1.82) is 0 Å². The van der Waals surface area contributed by atoms with Gasteiger partial charge in [0, 0.05) is 23.9 Å². The van der Waals surface area contributed by atoms with Gasteiger partial charge in [-0.2, -0.15) is 4.99 Å². The largest absolute Gasteiger partial charge is 0.370 e. The van der Waals surface area contributed by atoms with E-state index in [1.807, 2.05) is 0 Å². The van der Waals surface area contributed by atoms with E-state index in [-0.39, 0.29) is 19.2 Å². The average molecular weight is 307 g/mol. The molecule has 110 valence electrons. The number of nitrogens with zero attached hydrogens (tertiary/aromatic N) is 2. The van der Waals surface area contributed by atoms with Crippen LogP contribution in [0.3, 0.4) is 0 Å². The van der Waals surface area contributed by atoms with Crippen LogP contribution in [0.1, 0.15) is 34.7 Å². The first-order valence-corrected chi connectivity index (χ1v) is 6.35. The van der Waals surface area contributed by atoms with Gasteiger partial charge in [0.25, 0.3) is 5.91 Å². The van der Waals surface area contributed by atoms with Crippen LogP contribution in [0.4, 0.5) is 0 Å². The number of rotatable bonds is 1. The predicted octanol–water partition coefficient (Wildman–Crippen LogP) is 1.93. The second-order valence-corrected chi connectivity index (χ2v) is 4.96. The first-order valence-electron chi connectivity index (χ1n) is 5.98. The van der Waals surface area contributed by atoms with Crippen LogP contribution < -0.4 is 11.5 Å². The molecular weight excluding hydrogens is 292 g/mol. The number of Topliss-reactive ketones (excluding diaryl/α,β-unsaturated/α-hetero) is 1. The van der Waals surface area contributed by atoms with Crippen molar-refractivity contribution in [2.75, 3.05) is 0 Å². The number of guanidine groups is 1. The molecule has 1 aromatic heterocycles. The summed E-state index contributed by atoms with van der Waals surface area (Å²) in [6.07, 6.45) is 0.334. The van der Waals surface area contributed by atoms with Crippen LogP contribution in [-0.2, 0) is 6.54 Å². The van der Waals surface area contributed by atoms with Crippen molar-refractivity contribution < 1.29 is 9.59 Å². The molecule has 1 amide bonds. The maximum atomic E-state index is 12.0. The first-order chi connectivity index (χ1) is 9.49. The number of carbonyl (C=O) groups is 2. The molecule has 0 atom stereocenters. The Kier molecular flexibility index (Phi) is 3.74. The number of carbonyl (C=O) groups excluding carboxylic acids is 2. The monoisotopic (exact) mass is 306 g/mol. The topological polar surface area (TPSA) is 103 Å². The van der Waals surface area contributed by atoms with E-state index in [4.69, 9.17) is 23.1 Å². The smallest absolute Gasteiger partial charge is 0.296 e. The summed E-state index contributed by atoms with van der Waals surface area (Å²) in [5.74, 6) is -0.804. The average Bonchev–Trinajstić information content (AvgIpc) is 2.76. The molecule has 0 saturated heterocycles. The molecule has 0 unspecified atom stereocenters. The summed E-state index contributed by atoms with van der Waals surface area (Å²) in [6.45, 7) is 0.413. The van der Waals surface area contributed by atoms with Gasteiger partial charge in [0.2, 0.25) is 0 Å². The second-order valence-electron chi connectivity index (χ2n) is 4.55. The number of aryl methyl sites for hydroxylation is 1. The molecule has 0 aliphatic carbocycles. The van der Waals surface area contributed by atoms with Crippen LogP contribution in [0, 0.1) is 0 Å². The molecule has 2 aromatic rings. The van der Waals surface area contributed by atoms with Gasteiger partial charge in [-0.1, -0.05) is 19.0 Å². The summed E-state index contributed by atoms with van der Waals surface area (Å²) in [6, 6.07) is 4.95. The Labute approximate surface area is 126 Å². The van der Waals surface area contributed by atoms with Gasteiger partial charge in [0.1, 0.15) is 5.69 Å². The van der Waals surface area contributed by atoms with E-state index in [1.54, 1.807) is 22.8 Å². The summed E-state index contributed by atoms with van der Waals surface area (Å²) in [4.78, 5) is 27.5. The number of halogens is 1. The van der Waals surface area contributed by atoms with E-state index >= 15 is 0 Å². The van der Waals surface area contributed by atoms with Crippen molar-refractivity contribution in [2.24, 2.45) is 16.5 Å². The van der Waals surface area contributed by atoms with Crippen LogP contribution in [0.25, 0.3) is 10.9 Å². The molecule has 21 heavy (non-hydrogen) atoms. The zero-order valence-electron chi connectivity index (χ0n) is 10.4. The normalized spacial score (nSPS) is 12.9.